The van der Waals surface area contributed by atoms with Gasteiger partial charge in [-0.1, -0.05) is 59.4 Å². The molecule has 3 N–H and O–H groups in total. The number of nitrogens with two attached hydrogens (primary N) is 1. The van der Waals surface area contributed by atoms with Crippen LogP contribution in [0, 0.1) is 25.5 Å². The van der Waals surface area contributed by atoms with Crippen LogP contribution in [0.4, 0.5) is 40.8 Å². The van der Waals surface area contributed by atoms with Crippen LogP contribution < -0.4 is 15.2 Å². The SMILES string of the molecule is C.CC(C)(C[C@]1(C(F)(F)F)CO1)c1cc(F)cc2c1OCC2.Cc1ccc2c(CC[C@](O)(CC(C)(C)c3cc(F)cc4c3OCC4)C(F)(F)F)cccc2n1.Cc1ccc2c(N)cccc2n1. The molecule has 5 heterocycles. The first-order chi connectivity index (χ1) is 30.8. The van der Waals surface area contributed by atoms with Gasteiger partial charge in [-0.25, -0.2) is 8.78 Å². The molecule has 6 aromatic rings. The Hall–Kier alpha value is -5.54. The fourth-order valence-electron chi connectivity index (χ4n) is 9.12. The van der Waals surface area contributed by atoms with Gasteiger partial charge >= 0.3 is 12.4 Å². The monoisotopic (exact) mass is 939 g/mol. The van der Waals surface area contributed by atoms with Gasteiger partial charge in [-0.2, -0.15) is 26.3 Å². The first-order valence-corrected chi connectivity index (χ1v) is 21.7. The van der Waals surface area contributed by atoms with E-state index < -0.39 is 58.9 Å². The Kier molecular flexibility index (Phi) is 14.3. The molecule has 0 unspecified atom stereocenters. The summed E-state index contributed by atoms with van der Waals surface area (Å²) in [4.78, 5) is 8.79. The molecule has 67 heavy (non-hydrogen) atoms. The van der Waals surface area contributed by atoms with E-state index in [0.717, 1.165) is 38.9 Å². The van der Waals surface area contributed by atoms with Gasteiger partial charge in [-0.3, -0.25) is 9.97 Å². The third-order valence-corrected chi connectivity index (χ3v) is 12.6. The average Bonchev–Trinajstić information content (AvgIpc) is 3.61. The van der Waals surface area contributed by atoms with E-state index in [2.05, 4.69) is 9.97 Å². The van der Waals surface area contributed by atoms with Crippen LogP contribution in [0.2, 0.25) is 0 Å². The highest BCUT2D eigenvalue weighted by Gasteiger charge is 2.67. The second kappa shape index (κ2) is 18.9. The number of hydrogen-bond acceptors (Lipinski definition) is 7. The average molecular weight is 940 g/mol. The van der Waals surface area contributed by atoms with Crippen LogP contribution in [0.15, 0.2) is 84.9 Å². The first-order valence-electron chi connectivity index (χ1n) is 21.7. The van der Waals surface area contributed by atoms with E-state index in [1.54, 1.807) is 39.8 Å². The summed E-state index contributed by atoms with van der Waals surface area (Å²) in [5.41, 5.74) is 5.80. The summed E-state index contributed by atoms with van der Waals surface area (Å²) < 4.78 is 126. The molecule has 1 fully saturated rings. The molecule has 3 aliphatic rings. The van der Waals surface area contributed by atoms with Gasteiger partial charge in [-0.15, -0.1) is 0 Å². The van der Waals surface area contributed by atoms with Crippen LogP contribution in [0.5, 0.6) is 11.5 Å². The molecule has 1 saturated heterocycles. The molecule has 0 spiro atoms. The molecule has 0 amide bonds. The molecule has 0 radical (unpaired) electrons. The summed E-state index contributed by atoms with van der Waals surface area (Å²) in [5.74, 6) is -0.00248. The van der Waals surface area contributed by atoms with Crippen molar-refractivity contribution in [1.29, 1.82) is 0 Å². The summed E-state index contributed by atoms with van der Waals surface area (Å²) in [6.07, 6.45) is -9.56. The van der Waals surface area contributed by atoms with Crippen molar-refractivity contribution in [3.63, 3.8) is 0 Å². The molecule has 0 aliphatic carbocycles. The van der Waals surface area contributed by atoms with Crippen molar-refractivity contribution in [3.8, 4) is 11.5 Å². The van der Waals surface area contributed by atoms with Crippen molar-refractivity contribution in [2.24, 2.45) is 0 Å². The van der Waals surface area contributed by atoms with E-state index >= 15 is 0 Å². The highest BCUT2D eigenvalue weighted by atomic mass is 19.4. The number of ether oxygens (including phenoxy) is 3. The predicted octanol–water partition coefficient (Wildman–Crippen LogP) is 12.7. The Morgan fingerprint density at radius 2 is 1.18 bits per heavy atom. The van der Waals surface area contributed by atoms with Gasteiger partial charge < -0.3 is 25.1 Å². The van der Waals surface area contributed by atoms with E-state index in [9.17, 15) is 40.2 Å². The highest BCUT2D eigenvalue weighted by molar-refractivity contribution is 5.90. The van der Waals surface area contributed by atoms with Crippen LogP contribution in [0.3, 0.4) is 0 Å². The van der Waals surface area contributed by atoms with Gasteiger partial charge in [0, 0.05) is 62.9 Å². The van der Waals surface area contributed by atoms with Crippen molar-refractivity contribution in [3.05, 3.63) is 136 Å². The smallest absolute Gasteiger partial charge is 0.419 e. The zero-order chi connectivity index (χ0) is 48.0. The number of alkyl halides is 6. The van der Waals surface area contributed by atoms with Crippen molar-refractivity contribution in [2.75, 3.05) is 25.6 Å². The maximum Gasteiger partial charge on any atom is 0.419 e. The number of pyridine rings is 2. The quantitative estimate of drug-likeness (QED) is 0.0845. The summed E-state index contributed by atoms with van der Waals surface area (Å²) in [7, 11) is 0. The minimum absolute atomic E-state index is 0. The lowest BCUT2D eigenvalue weighted by Crippen LogP contribution is -2.49. The lowest BCUT2D eigenvalue weighted by molar-refractivity contribution is -0.269. The number of aromatic nitrogens is 2. The molecule has 0 saturated carbocycles. The zero-order valence-electron chi connectivity index (χ0n) is 37.6. The van der Waals surface area contributed by atoms with Crippen molar-refractivity contribution in [2.45, 2.75) is 122 Å². The molecule has 9 rings (SSSR count). The Bertz CT molecular complexity index is 2750. The van der Waals surface area contributed by atoms with Gasteiger partial charge in [0.05, 0.1) is 30.9 Å². The summed E-state index contributed by atoms with van der Waals surface area (Å²) in [6.45, 7) is 10.8. The van der Waals surface area contributed by atoms with Gasteiger partial charge in [0.25, 0.3) is 0 Å². The number of anilines is 1. The number of benzene rings is 4. The number of halogens is 8. The van der Waals surface area contributed by atoms with Crippen molar-refractivity contribution in [1.82, 2.24) is 9.97 Å². The fraction of sp³-hybridized carbons (Fsp3) is 0.423. The number of nitrogens with zero attached hydrogens (tertiary/aromatic N) is 2. The molecule has 0 bridgehead atoms. The number of rotatable bonds is 9. The van der Waals surface area contributed by atoms with Gasteiger partial charge in [0.2, 0.25) is 0 Å². The number of hydrogen-bond donors (Lipinski definition) is 2. The second-order valence-electron chi connectivity index (χ2n) is 18.8. The minimum Gasteiger partial charge on any atom is -0.493 e. The summed E-state index contributed by atoms with van der Waals surface area (Å²) in [6, 6.07) is 24.0. The largest absolute Gasteiger partial charge is 0.493 e. The molecule has 7 nitrogen and oxygen atoms in total. The van der Waals surface area contributed by atoms with Crippen LogP contribution in [0.1, 0.15) is 93.6 Å². The Morgan fingerprint density at radius 1 is 0.687 bits per heavy atom. The number of nitrogen functional groups attached to an aromatic ring is 1. The van der Waals surface area contributed by atoms with E-state index in [1.165, 1.54) is 24.3 Å². The number of epoxide rings is 1. The Balaban J connectivity index is 0.000000185. The molecule has 2 atom stereocenters. The van der Waals surface area contributed by atoms with Crippen molar-refractivity contribution < 1.29 is 54.4 Å². The second-order valence-corrected chi connectivity index (χ2v) is 18.8. The van der Waals surface area contributed by atoms with Crippen LogP contribution in [-0.2, 0) is 34.8 Å². The van der Waals surface area contributed by atoms with Crippen LogP contribution in [-0.4, -0.2) is 58.4 Å². The highest BCUT2D eigenvalue weighted by Crippen LogP contribution is 2.53. The van der Waals surface area contributed by atoms with Crippen LogP contribution >= 0.6 is 0 Å². The van der Waals surface area contributed by atoms with E-state index in [4.69, 9.17) is 19.9 Å². The minimum atomic E-state index is -4.86. The third kappa shape index (κ3) is 10.9. The molecule has 15 heteroatoms. The van der Waals surface area contributed by atoms with Crippen LogP contribution in [0.25, 0.3) is 21.8 Å². The summed E-state index contributed by atoms with van der Waals surface area (Å²) >= 11 is 0. The molecular weight excluding hydrogens is 883 g/mol. The predicted molar refractivity (Wildman–Crippen MR) is 245 cm³/mol. The standard InChI is InChI=1S/C26H27F4NO2.C15H16F4O2.C10H10N2.CH4/c1-16-7-8-20-17(5-4-6-22(20)31-16)9-11-25(32,26(28,29)30)15-24(2,3)21-14-19(27)13-18-10-12-33-23(18)21;1-13(2,7-14(8-21-14)15(17,18)19)11-6-10(16)5-9-3-4-20-12(9)11;1-7-5-6-8-9(11)3-2-4-10(8)12-7;/h4-8,13-14,32H,9-12,15H2,1-3H3;5-6H,3-4,7-8H2,1-2H3;2-6H,11H2,1H3;1H4/t25-;14-;;/m01../s1. The Morgan fingerprint density at radius 3 is 1.69 bits per heavy atom. The third-order valence-electron chi connectivity index (χ3n) is 12.6. The number of aryl methyl sites for hydroxylation is 3. The zero-order valence-corrected chi connectivity index (χ0v) is 37.6. The molecular formula is C52H57F8N3O4. The topological polar surface area (TPSA) is 103 Å². The van der Waals surface area contributed by atoms with E-state index in [0.29, 0.717) is 65.3 Å². The Labute approximate surface area is 385 Å². The number of fused-ring (bicyclic) bond motifs is 4. The fourth-order valence-corrected chi connectivity index (χ4v) is 9.12. The molecule has 3 aliphatic heterocycles. The van der Waals surface area contributed by atoms with E-state index in [1.807, 2.05) is 62.4 Å². The normalized spacial score (nSPS) is 17.4. The van der Waals surface area contributed by atoms with Gasteiger partial charge in [0.15, 0.2) is 11.2 Å². The lowest BCUT2D eigenvalue weighted by Gasteiger charge is -2.38. The molecule has 360 valence electrons. The first kappa shape index (κ1) is 50.9. The summed E-state index contributed by atoms with van der Waals surface area (Å²) in [5, 5.41) is 12.8. The molecule has 2 aromatic heterocycles. The number of aliphatic hydroxyl groups is 1. The van der Waals surface area contributed by atoms with E-state index in [-0.39, 0.29) is 26.9 Å². The maximum absolute atomic E-state index is 14.2. The lowest BCUT2D eigenvalue weighted by atomic mass is 9.72. The van der Waals surface area contributed by atoms with Crippen molar-refractivity contribution >= 4 is 27.5 Å². The van der Waals surface area contributed by atoms with Gasteiger partial charge in [0.1, 0.15) is 23.1 Å². The van der Waals surface area contributed by atoms with Gasteiger partial charge in [-0.05, 0) is 117 Å². The molecule has 4 aromatic carbocycles. The maximum atomic E-state index is 14.2.